The van der Waals surface area contributed by atoms with E-state index in [-0.39, 0.29) is 20.9 Å². The van der Waals surface area contributed by atoms with Gasteiger partial charge in [0, 0.05) is 0 Å². The monoisotopic (exact) mass is 344 g/mol. The Bertz CT molecular complexity index is 417. The van der Waals surface area contributed by atoms with Crippen LogP contribution < -0.4 is 16.7 Å². The molecular weight excluding hydrogens is 328 g/mol. The van der Waals surface area contributed by atoms with E-state index in [0.717, 1.165) is 11.5 Å². The van der Waals surface area contributed by atoms with Crippen molar-refractivity contribution in [2.24, 2.45) is 0 Å². The Morgan fingerprint density at radius 3 is 1.29 bits per heavy atom. The number of hydrogen-bond donors (Lipinski definition) is 0. The number of methoxy groups -OCH3 is 2. The SMILES string of the molecule is COc1ccc([Te+]c2ccc(OC)cc2)cc1. The summed E-state index contributed by atoms with van der Waals surface area (Å²) in [7, 11) is 3.38. The van der Waals surface area contributed by atoms with Crippen molar-refractivity contribution in [3.63, 3.8) is 0 Å². The van der Waals surface area contributed by atoms with Gasteiger partial charge in [-0.05, 0) is 0 Å². The van der Waals surface area contributed by atoms with Crippen LogP contribution in [0.5, 0.6) is 11.5 Å². The molecule has 17 heavy (non-hydrogen) atoms. The van der Waals surface area contributed by atoms with E-state index in [2.05, 4.69) is 24.3 Å². The van der Waals surface area contributed by atoms with Crippen LogP contribution in [0.1, 0.15) is 0 Å². The van der Waals surface area contributed by atoms with Crippen molar-refractivity contribution in [1.82, 2.24) is 0 Å². The van der Waals surface area contributed by atoms with Crippen LogP contribution in [0.3, 0.4) is 0 Å². The van der Waals surface area contributed by atoms with Crippen LogP contribution in [0.4, 0.5) is 0 Å². The van der Waals surface area contributed by atoms with E-state index in [1.807, 2.05) is 24.3 Å². The zero-order valence-electron chi connectivity index (χ0n) is 9.84. The predicted octanol–water partition coefficient (Wildman–Crippen LogP) is 1.36. The van der Waals surface area contributed by atoms with E-state index in [9.17, 15) is 0 Å². The van der Waals surface area contributed by atoms with Crippen LogP contribution in [0, 0.1) is 0 Å². The summed E-state index contributed by atoms with van der Waals surface area (Å²) in [6.45, 7) is 0. The fraction of sp³-hybridized carbons (Fsp3) is 0.143. The van der Waals surface area contributed by atoms with Crippen LogP contribution in [0.25, 0.3) is 0 Å². The van der Waals surface area contributed by atoms with Gasteiger partial charge in [0.25, 0.3) is 0 Å². The molecule has 2 nitrogen and oxygen atoms in total. The Morgan fingerprint density at radius 2 is 1.00 bits per heavy atom. The van der Waals surface area contributed by atoms with Gasteiger partial charge >= 0.3 is 112 Å². The fourth-order valence-corrected chi connectivity index (χ4v) is 3.75. The summed E-state index contributed by atoms with van der Waals surface area (Å²) < 4.78 is 13.1. The van der Waals surface area contributed by atoms with Crippen molar-refractivity contribution in [2.45, 2.75) is 0 Å². The normalized spacial score (nSPS) is 10.0. The van der Waals surface area contributed by atoms with Crippen LogP contribution in [-0.2, 0) is 0 Å². The summed E-state index contributed by atoms with van der Waals surface area (Å²) in [6, 6.07) is 16.6. The third-order valence-corrected chi connectivity index (χ3v) is 5.25. The van der Waals surface area contributed by atoms with E-state index in [1.165, 1.54) is 7.22 Å². The summed E-state index contributed by atoms with van der Waals surface area (Å²) in [6.07, 6.45) is 0. The minimum atomic E-state index is -0.308. The van der Waals surface area contributed by atoms with Crippen molar-refractivity contribution in [3.8, 4) is 11.5 Å². The zero-order chi connectivity index (χ0) is 12.1. The first-order valence-electron chi connectivity index (χ1n) is 5.28. The van der Waals surface area contributed by atoms with Crippen LogP contribution in [0.15, 0.2) is 48.5 Å². The summed E-state index contributed by atoms with van der Waals surface area (Å²) in [5, 5.41) is 0. The average Bonchev–Trinajstić information content (AvgIpc) is 2.40. The van der Waals surface area contributed by atoms with Crippen molar-refractivity contribution in [3.05, 3.63) is 48.5 Å². The van der Waals surface area contributed by atoms with Gasteiger partial charge in [0.1, 0.15) is 0 Å². The Hall–Kier alpha value is -1.17. The molecule has 0 aliphatic heterocycles. The van der Waals surface area contributed by atoms with Gasteiger partial charge in [-0.2, -0.15) is 0 Å². The molecule has 0 unspecified atom stereocenters. The molecule has 0 heterocycles. The molecule has 0 bridgehead atoms. The molecular formula is C14H14O2Te+. The molecule has 0 aromatic heterocycles. The minimum absolute atomic E-state index is 0.308. The molecule has 2 aromatic rings. The average molecular weight is 342 g/mol. The third kappa shape index (κ3) is 3.39. The van der Waals surface area contributed by atoms with Gasteiger partial charge in [0.15, 0.2) is 0 Å². The van der Waals surface area contributed by atoms with Gasteiger partial charge in [-0.15, -0.1) is 0 Å². The molecule has 0 atom stereocenters. The second kappa shape index (κ2) is 5.95. The van der Waals surface area contributed by atoms with Crippen molar-refractivity contribution >= 4 is 28.1 Å². The van der Waals surface area contributed by atoms with E-state index < -0.39 is 0 Å². The molecule has 0 aliphatic rings. The molecule has 2 aromatic carbocycles. The van der Waals surface area contributed by atoms with E-state index in [4.69, 9.17) is 9.47 Å². The Labute approximate surface area is 112 Å². The first kappa shape index (κ1) is 12.3. The van der Waals surface area contributed by atoms with Crippen LogP contribution in [0.2, 0.25) is 0 Å². The maximum absolute atomic E-state index is 5.15. The standard InChI is InChI=1S/C14H14O2Te/c1-15-11-3-7-13(8-4-11)17-14-9-5-12(16-2)6-10-14/h3-10H,1-2H3/q+1. The molecule has 0 spiro atoms. The molecule has 0 amide bonds. The van der Waals surface area contributed by atoms with Gasteiger partial charge in [-0.1, -0.05) is 0 Å². The van der Waals surface area contributed by atoms with Gasteiger partial charge in [-0.25, -0.2) is 0 Å². The van der Waals surface area contributed by atoms with Gasteiger partial charge < -0.3 is 0 Å². The Morgan fingerprint density at radius 1 is 0.647 bits per heavy atom. The molecule has 0 N–H and O–H groups in total. The zero-order valence-corrected chi connectivity index (χ0v) is 12.2. The van der Waals surface area contributed by atoms with E-state index in [0.29, 0.717) is 0 Å². The Balaban J connectivity index is 2.08. The van der Waals surface area contributed by atoms with Crippen LogP contribution >= 0.6 is 0 Å². The van der Waals surface area contributed by atoms with E-state index >= 15 is 0 Å². The molecule has 3 heteroatoms. The topological polar surface area (TPSA) is 18.5 Å². The molecule has 0 saturated carbocycles. The van der Waals surface area contributed by atoms with Gasteiger partial charge in [-0.3, -0.25) is 0 Å². The van der Waals surface area contributed by atoms with Gasteiger partial charge in [0.05, 0.1) is 0 Å². The van der Waals surface area contributed by atoms with Crippen molar-refractivity contribution < 1.29 is 9.47 Å². The summed E-state index contributed by atoms with van der Waals surface area (Å²) in [4.78, 5) is 0. The molecule has 87 valence electrons. The quantitative estimate of drug-likeness (QED) is 0.782. The van der Waals surface area contributed by atoms with Crippen LogP contribution in [-0.4, -0.2) is 35.1 Å². The van der Waals surface area contributed by atoms with Crippen molar-refractivity contribution in [1.29, 1.82) is 0 Å². The summed E-state index contributed by atoms with van der Waals surface area (Å²) >= 11 is -0.308. The maximum atomic E-state index is 5.15. The first-order chi connectivity index (χ1) is 8.31. The van der Waals surface area contributed by atoms with E-state index in [1.54, 1.807) is 14.2 Å². The Kier molecular flexibility index (Phi) is 4.30. The number of ether oxygens (including phenoxy) is 2. The molecule has 1 radical (unpaired) electrons. The summed E-state index contributed by atoms with van der Waals surface area (Å²) in [5.41, 5.74) is 0. The first-order valence-corrected chi connectivity index (χ1v) is 7.61. The van der Waals surface area contributed by atoms with Gasteiger partial charge in [0.2, 0.25) is 0 Å². The molecule has 0 aliphatic carbocycles. The predicted molar refractivity (Wildman–Crippen MR) is 71.0 cm³/mol. The number of hydrogen-bond acceptors (Lipinski definition) is 2. The number of rotatable bonds is 4. The summed E-state index contributed by atoms with van der Waals surface area (Å²) in [5.74, 6) is 1.83. The number of benzene rings is 2. The second-order valence-electron chi connectivity index (χ2n) is 3.45. The molecule has 0 saturated heterocycles. The fourth-order valence-electron chi connectivity index (χ4n) is 1.42. The second-order valence-corrected chi connectivity index (χ2v) is 6.73. The van der Waals surface area contributed by atoms with Crippen molar-refractivity contribution in [2.75, 3.05) is 14.2 Å². The molecule has 2 rings (SSSR count). The third-order valence-electron chi connectivity index (χ3n) is 2.35. The molecule has 0 fully saturated rings.